The molecule has 1 amide bonds. The molecular formula is C28H32ClN3O7S2. The summed E-state index contributed by atoms with van der Waals surface area (Å²) in [6.07, 6.45) is -0.686. The number of aliphatic hydroxyl groups excluding tert-OH is 1. The number of hydrogen-bond donors (Lipinski definition) is 2. The fourth-order valence-corrected chi connectivity index (χ4v) is 6.84. The molecule has 10 nitrogen and oxygen atoms in total. The number of carbonyl (C=O) groups excluding carboxylic acids is 1. The number of nitrogens with zero attached hydrogens (tertiary/aromatic N) is 2. The number of likely N-dealkylation sites (N-methyl/N-ethyl adjacent to an activating group) is 1. The van der Waals surface area contributed by atoms with Crippen molar-refractivity contribution in [2.24, 2.45) is 5.92 Å². The van der Waals surface area contributed by atoms with Crippen molar-refractivity contribution in [1.82, 2.24) is 9.21 Å². The Labute approximate surface area is 245 Å². The monoisotopic (exact) mass is 621 g/mol. The number of halogens is 1. The lowest BCUT2D eigenvalue weighted by atomic mass is 9.99. The van der Waals surface area contributed by atoms with Gasteiger partial charge < -0.3 is 14.7 Å². The minimum Gasteiger partial charge on any atom is -0.488 e. The second kappa shape index (κ2) is 12.4. The van der Waals surface area contributed by atoms with Crippen molar-refractivity contribution in [1.29, 1.82) is 0 Å². The first-order valence-corrected chi connectivity index (χ1v) is 16.2. The van der Waals surface area contributed by atoms with Crippen molar-refractivity contribution in [3.05, 3.63) is 83.4 Å². The van der Waals surface area contributed by atoms with E-state index in [9.17, 15) is 26.7 Å². The number of sulfonamides is 2. The van der Waals surface area contributed by atoms with Gasteiger partial charge in [-0.15, -0.1) is 0 Å². The number of anilines is 1. The molecule has 4 rings (SSSR count). The van der Waals surface area contributed by atoms with E-state index in [1.807, 2.05) is 6.92 Å². The molecule has 0 fully saturated rings. The molecule has 13 heteroatoms. The third kappa shape index (κ3) is 6.84. The SMILES string of the molecule is C[C@@H]1CN([C@H](C)CO)C(=O)c2cc(NS(=O)(=O)c3ccccc3)ccc2O[C@H]1CN(C)S(=O)(=O)c1ccc(Cl)cc1. The molecular weight excluding hydrogens is 590 g/mol. The van der Waals surface area contributed by atoms with Crippen molar-refractivity contribution < 1.29 is 31.5 Å². The van der Waals surface area contributed by atoms with E-state index in [2.05, 4.69) is 4.72 Å². The largest absolute Gasteiger partial charge is 0.488 e. The van der Waals surface area contributed by atoms with Gasteiger partial charge in [0.05, 0.1) is 34.5 Å². The Bertz CT molecular complexity index is 1600. The quantitative estimate of drug-likeness (QED) is 0.372. The maximum absolute atomic E-state index is 13.7. The molecule has 1 aliphatic rings. The average Bonchev–Trinajstić information content (AvgIpc) is 2.95. The van der Waals surface area contributed by atoms with E-state index < -0.39 is 38.1 Å². The van der Waals surface area contributed by atoms with Crippen LogP contribution in [-0.2, 0) is 20.0 Å². The molecule has 0 saturated carbocycles. The molecule has 0 aliphatic carbocycles. The van der Waals surface area contributed by atoms with Crippen LogP contribution in [0.2, 0.25) is 5.02 Å². The van der Waals surface area contributed by atoms with E-state index in [1.165, 1.54) is 70.9 Å². The summed E-state index contributed by atoms with van der Waals surface area (Å²) in [6, 6.07) is 17.4. The normalized spacial score (nSPS) is 18.7. The van der Waals surface area contributed by atoms with Gasteiger partial charge in [0.15, 0.2) is 0 Å². The first-order chi connectivity index (χ1) is 19.3. The minimum absolute atomic E-state index is 0.0382. The summed E-state index contributed by atoms with van der Waals surface area (Å²) in [7, 11) is -6.36. The molecule has 1 heterocycles. The van der Waals surface area contributed by atoms with E-state index in [0.29, 0.717) is 5.02 Å². The zero-order valence-corrected chi connectivity index (χ0v) is 25.2. The highest BCUT2D eigenvalue weighted by Crippen LogP contribution is 2.32. The van der Waals surface area contributed by atoms with Crippen molar-refractivity contribution >= 4 is 43.2 Å². The Morgan fingerprint density at radius 1 is 1.05 bits per heavy atom. The number of amides is 1. The Kier molecular flexibility index (Phi) is 9.29. The molecule has 0 radical (unpaired) electrons. The zero-order valence-electron chi connectivity index (χ0n) is 22.8. The summed E-state index contributed by atoms with van der Waals surface area (Å²) in [5.41, 5.74) is 0.229. The molecule has 220 valence electrons. The van der Waals surface area contributed by atoms with Gasteiger partial charge in [0, 0.05) is 30.2 Å². The third-order valence-electron chi connectivity index (χ3n) is 6.93. The first-order valence-electron chi connectivity index (χ1n) is 12.9. The van der Waals surface area contributed by atoms with Gasteiger partial charge in [0.25, 0.3) is 15.9 Å². The summed E-state index contributed by atoms with van der Waals surface area (Å²) >= 11 is 5.92. The van der Waals surface area contributed by atoms with Gasteiger partial charge in [-0.1, -0.05) is 36.7 Å². The highest BCUT2D eigenvalue weighted by Gasteiger charge is 2.35. The maximum Gasteiger partial charge on any atom is 0.261 e. The molecule has 0 unspecified atom stereocenters. The second-order valence-electron chi connectivity index (χ2n) is 9.99. The van der Waals surface area contributed by atoms with Crippen LogP contribution in [0.3, 0.4) is 0 Å². The fourth-order valence-electron chi connectivity index (χ4n) is 4.46. The smallest absolute Gasteiger partial charge is 0.261 e. The number of aliphatic hydroxyl groups is 1. The van der Waals surface area contributed by atoms with Crippen LogP contribution < -0.4 is 9.46 Å². The van der Waals surface area contributed by atoms with E-state index in [0.717, 1.165) is 0 Å². The maximum atomic E-state index is 13.7. The summed E-state index contributed by atoms with van der Waals surface area (Å²) in [4.78, 5) is 15.3. The van der Waals surface area contributed by atoms with E-state index >= 15 is 0 Å². The van der Waals surface area contributed by atoms with Gasteiger partial charge in [0.1, 0.15) is 11.9 Å². The lowest BCUT2D eigenvalue weighted by Gasteiger charge is -2.38. The van der Waals surface area contributed by atoms with Crippen LogP contribution in [0.5, 0.6) is 5.75 Å². The van der Waals surface area contributed by atoms with Crippen LogP contribution in [0, 0.1) is 5.92 Å². The number of hydrogen-bond acceptors (Lipinski definition) is 7. The van der Waals surface area contributed by atoms with Crippen molar-refractivity contribution in [2.75, 3.05) is 31.5 Å². The van der Waals surface area contributed by atoms with E-state index in [-0.39, 0.29) is 52.4 Å². The highest BCUT2D eigenvalue weighted by molar-refractivity contribution is 7.92. The van der Waals surface area contributed by atoms with Crippen LogP contribution in [0.25, 0.3) is 0 Å². The predicted octanol–water partition coefficient (Wildman–Crippen LogP) is 3.68. The molecule has 3 aromatic carbocycles. The number of benzene rings is 3. The van der Waals surface area contributed by atoms with Crippen LogP contribution in [-0.4, -0.2) is 75.9 Å². The van der Waals surface area contributed by atoms with Crippen LogP contribution in [0.15, 0.2) is 82.6 Å². The standard InChI is InChI=1S/C28H32ClN3O7S2/c1-19-16-32(20(2)18-33)28(34)25-15-22(30-40(35,36)23-7-5-4-6-8-23)11-14-26(25)39-27(19)17-31(3)41(37,38)24-12-9-21(29)10-13-24/h4-15,19-20,27,30,33H,16-18H2,1-3H3/t19-,20-,27+/m1/s1. The zero-order chi connectivity index (χ0) is 29.9. The molecule has 2 N–H and O–H groups in total. The van der Waals surface area contributed by atoms with Crippen molar-refractivity contribution in [3.8, 4) is 5.75 Å². The second-order valence-corrected chi connectivity index (χ2v) is 14.2. The molecule has 3 aromatic rings. The van der Waals surface area contributed by atoms with Gasteiger partial charge in [-0.25, -0.2) is 16.8 Å². The van der Waals surface area contributed by atoms with Gasteiger partial charge in [-0.05, 0) is 61.5 Å². The van der Waals surface area contributed by atoms with Gasteiger partial charge in [-0.3, -0.25) is 9.52 Å². The van der Waals surface area contributed by atoms with Gasteiger partial charge in [0.2, 0.25) is 10.0 Å². The molecule has 0 spiro atoms. The lowest BCUT2D eigenvalue weighted by molar-refractivity contribution is 0.0387. The minimum atomic E-state index is -3.93. The summed E-state index contributed by atoms with van der Waals surface area (Å²) < 4.78 is 62.2. The van der Waals surface area contributed by atoms with E-state index in [4.69, 9.17) is 16.3 Å². The lowest BCUT2D eigenvalue weighted by Crippen LogP contribution is -2.50. The molecule has 1 aliphatic heterocycles. The number of nitrogens with one attached hydrogen (secondary N) is 1. The number of fused-ring (bicyclic) bond motifs is 1. The molecule has 3 atom stereocenters. The molecule has 0 saturated heterocycles. The fraction of sp³-hybridized carbons (Fsp3) is 0.321. The average molecular weight is 622 g/mol. The van der Waals surface area contributed by atoms with Gasteiger partial charge >= 0.3 is 0 Å². The number of rotatable bonds is 9. The molecule has 41 heavy (non-hydrogen) atoms. The van der Waals surface area contributed by atoms with Crippen LogP contribution >= 0.6 is 11.6 Å². The Morgan fingerprint density at radius 3 is 2.34 bits per heavy atom. The summed E-state index contributed by atoms with van der Waals surface area (Å²) in [6.45, 7) is 3.36. The third-order valence-corrected chi connectivity index (χ3v) is 10.4. The van der Waals surface area contributed by atoms with Crippen molar-refractivity contribution in [3.63, 3.8) is 0 Å². The van der Waals surface area contributed by atoms with Crippen molar-refractivity contribution in [2.45, 2.75) is 35.8 Å². The topological polar surface area (TPSA) is 133 Å². The molecule has 0 aromatic heterocycles. The Balaban J connectivity index is 1.68. The first kappa shape index (κ1) is 30.8. The summed E-state index contributed by atoms with van der Waals surface area (Å²) in [5, 5.41) is 10.3. The number of carbonyl (C=O) groups is 1. The summed E-state index contributed by atoms with van der Waals surface area (Å²) in [5.74, 6) is -0.614. The van der Waals surface area contributed by atoms with Crippen LogP contribution in [0.4, 0.5) is 5.69 Å². The highest BCUT2D eigenvalue weighted by atomic mass is 35.5. The van der Waals surface area contributed by atoms with Crippen LogP contribution in [0.1, 0.15) is 24.2 Å². The number of ether oxygens (including phenoxy) is 1. The van der Waals surface area contributed by atoms with E-state index in [1.54, 1.807) is 25.1 Å². The molecule has 0 bridgehead atoms. The Morgan fingerprint density at radius 2 is 1.71 bits per heavy atom. The predicted molar refractivity (Wildman–Crippen MR) is 156 cm³/mol. The Hall–Kier alpha value is -3.16. The van der Waals surface area contributed by atoms with Gasteiger partial charge in [-0.2, -0.15) is 4.31 Å².